The molecule has 1 aromatic carbocycles. The lowest BCUT2D eigenvalue weighted by molar-refractivity contribution is 0.330. The lowest BCUT2D eigenvalue weighted by Gasteiger charge is -2.09. The van der Waals surface area contributed by atoms with Gasteiger partial charge in [-0.2, -0.15) is 18.4 Å². The number of aryl methyl sites for hydroxylation is 1. The van der Waals surface area contributed by atoms with E-state index in [0.29, 0.717) is 0 Å². The highest BCUT2D eigenvalue weighted by atomic mass is 32.2. The largest absolute Gasteiger partial charge is 0.374 e. The van der Waals surface area contributed by atoms with Gasteiger partial charge in [0, 0.05) is 7.11 Å². The molecule has 1 unspecified atom stereocenters. The first kappa shape index (κ1) is 15.8. The maximum atomic E-state index is 11.8. The SMILES string of the molecule is COP(=O)(O)C(C)=NNS(=O)(=O)c1ccc(C)cc1. The van der Waals surface area contributed by atoms with Gasteiger partial charge in [0.05, 0.1) is 4.90 Å². The Kier molecular flexibility index (Phi) is 4.86. The molecule has 2 N–H and O–H groups in total. The maximum absolute atomic E-state index is 11.8. The molecule has 1 aromatic rings. The summed E-state index contributed by atoms with van der Waals surface area (Å²) in [4.78, 5) is 11.2. The van der Waals surface area contributed by atoms with Gasteiger partial charge in [0.1, 0.15) is 5.45 Å². The van der Waals surface area contributed by atoms with Crippen LogP contribution in [-0.2, 0) is 19.1 Å². The Labute approximate surface area is 111 Å². The van der Waals surface area contributed by atoms with Crippen LogP contribution < -0.4 is 4.83 Å². The normalized spacial score (nSPS) is 15.9. The lowest BCUT2D eigenvalue weighted by Crippen LogP contribution is -2.19. The van der Waals surface area contributed by atoms with Gasteiger partial charge in [-0.15, -0.1) is 0 Å². The predicted octanol–water partition coefficient (Wildman–Crippen LogP) is 1.44. The minimum atomic E-state index is -4.03. The summed E-state index contributed by atoms with van der Waals surface area (Å²) >= 11 is 0. The maximum Gasteiger partial charge on any atom is 0.374 e. The van der Waals surface area contributed by atoms with Crippen LogP contribution in [-0.4, -0.2) is 25.9 Å². The Morgan fingerprint density at radius 2 is 1.89 bits per heavy atom. The van der Waals surface area contributed by atoms with E-state index in [9.17, 15) is 17.9 Å². The van der Waals surface area contributed by atoms with Crippen LogP contribution in [0.5, 0.6) is 0 Å². The van der Waals surface area contributed by atoms with E-state index in [1.807, 2.05) is 11.8 Å². The molecule has 0 fully saturated rings. The van der Waals surface area contributed by atoms with Crippen LogP contribution in [0.15, 0.2) is 34.3 Å². The minimum absolute atomic E-state index is 0.0137. The molecule has 0 radical (unpaired) electrons. The number of hydrogen-bond acceptors (Lipinski definition) is 5. The van der Waals surface area contributed by atoms with E-state index in [1.165, 1.54) is 19.1 Å². The molecule has 0 heterocycles. The summed E-state index contributed by atoms with van der Waals surface area (Å²) in [5.74, 6) is 0. The van der Waals surface area contributed by atoms with Crippen LogP contribution in [0.1, 0.15) is 12.5 Å². The van der Waals surface area contributed by atoms with Crippen molar-refractivity contribution in [1.82, 2.24) is 4.83 Å². The number of sulfonamides is 1. The molecule has 7 nitrogen and oxygen atoms in total. The minimum Gasteiger partial charge on any atom is -0.320 e. The van der Waals surface area contributed by atoms with Gasteiger partial charge in [0.15, 0.2) is 0 Å². The molecule has 0 aliphatic carbocycles. The van der Waals surface area contributed by atoms with Gasteiger partial charge in [0.2, 0.25) is 0 Å². The monoisotopic (exact) mass is 306 g/mol. The summed E-state index contributed by atoms with van der Waals surface area (Å²) in [6.45, 7) is 3.02. The Hall–Kier alpha value is -1.21. The van der Waals surface area contributed by atoms with Crippen molar-refractivity contribution in [3.63, 3.8) is 0 Å². The molecule has 0 aliphatic heterocycles. The molecule has 0 saturated carbocycles. The Bertz CT molecular complexity index is 624. The fourth-order valence-electron chi connectivity index (χ4n) is 1.09. The van der Waals surface area contributed by atoms with Crippen molar-refractivity contribution in [1.29, 1.82) is 0 Å². The van der Waals surface area contributed by atoms with Gasteiger partial charge < -0.3 is 9.42 Å². The molecule has 9 heteroatoms. The molecule has 106 valence electrons. The predicted molar refractivity (Wildman–Crippen MR) is 71.4 cm³/mol. The lowest BCUT2D eigenvalue weighted by atomic mass is 10.2. The number of hydrazone groups is 1. The van der Waals surface area contributed by atoms with Gasteiger partial charge in [0.25, 0.3) is 10.0 Å². The smallest absolute Gasteiger partial charge is 0.320 e. The fraction of sp³-hybridized carbons (Fsp3) is 0.300. The average molecular weight is 306 g/mol. The molecule has 0 aromatic heterocycles. The average Bonchev–Trinajstić information content (AvgIpc) is 2.36. The summed E-state index contributed by atoms with van der Waals surface area (Å²) in [5, 5.41) is 3.38. The highest BCUT2D eigenvalue weighted by Gasteiger charge is 2.23. The number of nitrogens with one attached hydrogen (secondary N) is 1. The van der Waals surface area contributed by atoms with Gasteiger partial charge in [-0.05, 0) is 26.0 Å². The number of nitrogens with zero attached hydrogens (tertiary/aromatic N) is 1. The quantitative estimate of drug-likeness (QED) is 0.486. The Balaban J connectivity index is 2.96. The molecule has 0 amide bonds. The number of benzene rings is 1. The molecule has 1 rings (SSSR count). The van der Waals surface area contributed by atoms with E-state index in [4.69, 9.17) is 0 Å². The van der Waals surface area contributed by atoms with Gasteiger partial charge >= 0.3 is 7.60 Å². The molecule has 0 bridgehead atoms. The summed E-state index contributed by atoms with van der Waals surface area (Å²) in [5.41, 5.74) is 0.573. The van der Waals surface area contributed by atoms with Crippen molar-refractivity contribution in [2.75, 3.05) is 7.11 Å². The topological polar surface area (TPSA) is 105 Å². The van der Waals surface area contributed by atoms with Crippen molar-refractivity contribution >= 4 is 23.1 Å². The zero-order valence-electron chi connectivity index (χ0n) is 10.7. The van der Waals surface area contributed by atoms with Crippen molar-refractivity contribution in [2.24, 2.45) is 5.10 Å². The Morgan fingerprint density at radius 3 is 2.37 bits per heavy atom. The van der Waals surface area contributed by atoms with Gasteiger partial charge in [-0.25, -0.2) is 0 Å². The third kappa shape index (κ3) is 4.14. The van der Waals surface area contributed by atoms with E-state index in [2.05, 4.69) is 9.63 Å². The van der Waals surface area contributed by atoms with Crippen LogP contribution in [0.25, 0.3) is 0 Å². The molecule has 0 saturated heterocycles. The van der Waals surface area contributed by atoms with Crippen molar-refractivity contribution in [2.45, 2.75) is 18.7 Å². The second-order valence-electron chi connectivity index (χ2n) is 3.77. The van der Waals surface area contributed by atoms with Crippen molar-refractivity contribution in [3.8, 4) is 0 Å². The molecular formula is C10H15N2O5PS. The first-order chi connectivity index (χ1) is 8.69. The van der Waals surface area contributed by atoms with E-state index >= 15 is 0 Å². The summed E-state index contributed by atoms with van der Waals surface area (Å²) in [6.07, 6.45) is 0. The second kappa shape index (κ2) is 5.83. The van der Waals surface area contributed by atoms with Crippen LogP contribution in [0.4, 0.5) is 0 Å². The van der Waals surface area contributed by atoms with Crippen molar-refractivity contribution < 1.29 is 22.4 Å². The molecular weight excluding hydrogens is 291 g/mol. The first-order valence-corrected chi connectivity index (χ1v) is 8.27. The van der Waals surface area contributed by atoms with E-state index < -0.39 is 17.6 Å². The Morgan fingerprint density at radius 1 is 1.37 bits per heavy atom. The zero-order chi connectivity index (χ0) is 14.7. The summed E-state index contributed by atoms with van der Waals surface area (Å²) < 4.78 is 39.3. The van der Waals surface area contributed by atoms with Crippen molar-refractivity contribution in [3.05, 3.63) is 29.8 Å². The zero-order valence-corrected chi connectivity index (χ0v) is 12.4. The van der Waals surface area contributed by atoms with E-state index in [1.54, 1.807) is 12.1 Å². The van der Waals surface area contributed by atoms with Gasteiger partial charge in [-0.1, -0.05) is 17.7 Å². The van der Waals surface area contributed by atoms with E-state index in [-0.39, 0.29) is 10.3 Å². The molecule has 19 heavy (non-hydrogen) atoms. The van der Waals surface area contributed by atoms with E-state index in [0.717, 1.165) is 12.7 Å². The highest BCUT2D eigenvalue weighted by molar-refractivity contribution is 7.89. The summed E-state index contributed by atoms with van der Waals surface area (Å²) in [7, 11) is -6.86. The first-order valence-electron chi connectivity index (χ1n) is 5.21. The molecule has 0 spiro atoms. The van der Waals surface area contributed by atoms with Crippen LogP contribution in [0.2, 0.25) is 0 Å². The van der Waals surface area contributed by atoms with Crippen LogP contribution in [0.3, 0.4) is 0 Å². The number of hydrogen-bond donors (Lipinski definition) is 2. The third-order valence-corrected chi connectivity index (χ3v) is 4.95. The fourth-order valence-corrected chi connectivity index (χ4v) is 2.46. The molecule has 0 aliphatic rings. The third-order valence-electron chi connectivity index (χ3n) is 2.32. The second-order valence-corrected chi connectivity index (χ2v) is 7.48. The van der Waals surface area contributed by atoms with Gasteiger partial charge in [-0.3, -0.25) is 4.57 Å². The molecule has 1 atom stereocenters. The van der Waals surface area contributed by atoms with Crippen LogP contribution >= 0.6 is 7.60 Å². The highest BCUT2D eigenvalue weighted by Crippen LogP contribution is 2.42. The standard InChI is InChI=1S/C10H15N2O5PS/c1-8-4-6-10(7-5-8)19(15,16)12-11-9(2)18(13,14)17-3/h4-7,12H,1-3H3,(H,13,14). The summed E-state index contributed by atoms with van der Waals surface area (Å²) in [6, 6.07) is 6.10. The number of rotatable bonds is 5. The van der Waals surface area contributed by atoms with Crippen LogP contribution in [0, 0.1) is 6.92 Å².